The number of hydrogen-bond donors (Lipinski definition) is 2. The number of carbonyl (C=O) groups excluding carboxylic acids is 1. The highest BCUT2D eigenvalue weighted by Gasteiger charge is 2.36. The molecule has 1 saturated heterocycles. The van der Waals surface area contributed by atoms with Crippen LogP contribution in [0.5, 0.6) is 0 Å². The fraction of sp³-hybridized carbons (Fsp3) is 0.625. The normalized spacial score (nSPS) is 20.8. The first-order chi connectivity index (χ1) is 11.3. The Hall–Kier alpha value is -1.83. The fourth-order valence-corrected chi connectivity index (χ4v) is 3.00. The third kappa shape index (κ3) is 3.98. The number of aromatic nitrogens is 1. The molecule has 0 unspecified atom stereocenters. The van der Waals surface area contributed by atoms with Crippen LogP contribution in [-0.4, -0.2) is 44.2 Å². The van der Waals surface area contributed by atoms with Crippen LogP contribution in [0.25, 0.3) is 0 Å². The summed E-state index contributed by atoms with van der Waals surface area (Å²) in [6.07, 6.45) is -1.18. The lowest BCUT2D eigenvalue weighted by molar-refractivity contribution is -0.914. The molecule has 2 fully saturated rings. The molecule has 1 aliphatic carbocycles. The average Bonchev–Trinajstić information content (AvgIpc) is 3.37. The molecule has 1 aromatic heterocycles. The van der Waals surface area contributed by atoms with Gasteiger partial charge >= 0.3 is 6.18 Å². The lowest BCUT2D eigenvalue weighted by Gasteiger charge is -2.31. The van der Waals surface area contributed by atoms with Crippen molar-refractivity contribution in [3.63, 3.8) is 0 Å². The van der Waals surface area contributed by atoms with E-state index in [1.165, 1.54) is 11.0 Å². The minimum atomic E-state index is -4.33. The van der Waals surface area contributed by atoms with Crippen LogP contribution in [0, 0.1) is 0 Å². The molecule has 132 valence electrons. The van der Waals surface area contributed by atoms with Crippen LogP contribution in [0.2, 0.25) is 0 Å². The number of H-pyrrole nitrogens is 1. The van der Waals surface area contributed by atoms with E-state index in [4.69, 9.17) is 0 Å². The second kappa shape index (κ2) is 6.58. The van der Waals surface area contributed by atoms with Crippen molar-refractivity contribution < 1.29 is 27.8 Å². The zero-order chi connectivity index (χ0) is 17.3. The number of nitrogens with one attached hydrogen (secondary N) is 3. The number of quaternary nitrogens is 1. The quantitative estimate of drug-likeness (QED) is 0.801. The molecule has 2 aliphatic rings. The Kier molecular flexibility index (Phi) is 4.67. The van der Waals surface area contributed by atoms with Crippen molar-refractivity contribution in [1.29, 1.82) is 0 Å². The van der Waals surface area contributed by atoms with Gasteiger partial charge < -0.3 is 10.2 Å². The van der Waals surface area contributed by atoms with E-state index in [-0.39, 0.29) is 11.9 Å². The van der Waals surface area contributed by atoms with Crippen LogP contribution in [0.4, 0.5) is 19.0 Å². The van der Waals surface area contributed by atoms with Gasteiger partial charge in [-0.25, -0.2) is 4.98 Å². The van der Waals surface area contributed by atoms with Crippen LogP contribution in [0.1, 0.15) is 25.3 Å². The van der Waals surface area contributed by atoms with Gasteiger partial charge in [-0.2, -0.15) is 13.2 Å². The SMILES string of the molecule is C[C@H](C(=O)NC1CC1)[NH+]1CCN(c2ccc(C(F)(F)F)c[nH+]2)CC1. The van der Waals surface area contributed by atoms with E-state index in [2.05, 4.69) is 10.3 Å². The minimum Gasteiger partial charge on any atom is -0.348 e. The van der Waals surface area contributed by atoms with Crippen LogP contribution < -0.4 is 20.1 Å². The highest BCUT2D eigenvalue weighted by molar-refractivity contribution is 5.80. The molecule has 8 heteroatoms. The molecular weight excluding hydrogens is 321 g/mol. The summed E-state index contributed by atoms with van der Waals surface area (Å²) >= 11 is 0. The second-order valence-corrected chi connectivity index (χ2v) is 6.61. The molecule has 1 saturated carbocycles. The molecule has 1 amide bonds. The molecule has 1 atom stereocenters. The number of carbonyl (C=O) groups is 1. The predicted molar refractivity (Wildman–Crippen MR) is 81.5 cm³/mol. The Morgan fingerprint density at radius 2 is 2.00 bits per heavy atom. The molecule has 0 radical (unpaired) electrons. The van der Waals surface area contributed by atoms with Crippen molar-refractivity contribution in [1.82, 2.24) is 5.32 Å². The van der Waals surface area contributed by atoms with Gasteiger partial charge in [-0.1, -0.05) is 0 Å². The molecule has 1 aromatic rings. The van der Waals surface area contributed by atoms with E-state index in [1.807, 2.05) is 11.8 Å². The lowest BCUT2D eigenvalue weighted by atomic mass is 10.2. The molecule has 5 nitrogen and oxygen atoms in total. The topological polar surface area (TPSA) is 50.9 Å². The Balaban J connectivity index is 1.53. The third-order valence-corrected chi connectivity index (χ3v) is 4.80. The zero-order valence-electron chi connectivity index (χ0n) is 13.6. The third-order valence-electron chi connectivity index (χ3n) is 4.80. The number of aromatic amines is 1. The van der Waals surface area contributed by atoms with Gasteiger partial charge in [0.15, 0.2) is 6.04 Å². The fourth-order valence-electron chi connectivity index (χ4n) is 3.00. The molecule has 3 rings (SSSR count). The Bertz CT molecular complexity index is 578. The number of halogens is 3. The van der Waals surface area contributed by atoms with Crippen molar-refractivity contribution in [2.45, 2.75) is 38.0 Å². The van der Waals surface area contributed by atoms with E-state index in [0.717, 1.165) is 38.2 Å². The Morgan fingerprint density at radius 1 is 1.33 bits per heavy atom. The number of hydrogen-bond acceptors (Lipinski definition) is 2. The first-order valence-corrected chi connectivity index (χ1v) is 8.33. The van der Waals surface area contributed by atoms with Gasteiger partial charge in [0.25, 0.3) is 11.7 Å². The number of rotatable bonds is 4. The van der Waals surface area contributed by atoms with E-state index >= 15 is 0 Å². The molecule has 1 aliphatic heterocycles. The molecule has 24 heavy (non-hydrogen) atoms. The molecule has 0 spiro atoms. The first kappa shape index (κ1) is 17.0. The predicted octanol–water partition coefficient (Wildman–Crippen LogP) is -0.108. The summed E-state index contributed by atoms with van der Waals surface area (Å²) in [5, 5.41) is 3.03. The number of alkyl halides is 3. The van der Waals surface area contributed by atoms with E-state index in [1.54, 1.807) is 0 Å². The van der Waals surface area contributed by atoms with Gasteiger partial charge in [-0.15, -0.1) is 0 Å². The van der Waals surface area contributed by atoms with Crippen LogP contribution in [0.3, 0.4) is 0 Å². The lowest BCUT2D eigenvalue weighted by Crippen LogP contribution is -3.19. The van der Waals surface area contributed by atoms with Gasteiger partial charge in [-0.05, 0) is 25.8 Å². The van der Waals surface area contributed by atoms with Gasteiger partial charge in [0, 0.05) is 12.1 Å². The van der Waals surface area contributed by atoms with Crippen molar-refractivity contribution >= 4 is 11.7 Å². The summed E-state index contributed by atoms with van der Waals surface area (Å²) in [4.78, 5) is 18.1. The maximum absolute atomic E-state index is 12.6. The number of piperazine rings is 1. The summed E-state index contributed by atoms with van der Waals surface area (Å²) in [6, 6.07) is 2.83. The number of nitrogens with zero attached hydrogens (tertiary/aromatic N) is 1. The standard InChI is InChI=1S/C16H21F3N4O/c1-11(15(24)21-13-3-4-13)22-6-8-23(9-7-22)14-5-2-12(10-20-14)16(17,18)19/h2,5,10-11,13H,3-4,6-9H2,1H3,(H,21,24)/p+2/t11-/m1/s1. The number of amides is 1. The summed E-state index contributed by atoms with van der Waals surface area (Å²) in [5.74, 6) is 0.777. The minimum absolute atomic E-state index is 0.0932. The average molecular weight is 344 g/mol. The summed E-state index contributed by atoms with van der Waals surface area (Å²) in [5.41, 5.74) is -0.680. The zero-order valence-corrected chi connectivity index (χ0v) is 13.6. The number of pyridine rings is 1. The van der Waals surface area contributed by atoms with Gasteiger partial charge in [0.2, 0.25) is 0 Å². The molecule has 2 heterocycles. The number of anilines is 1. The monoisotopic (exact) mass is 344 g/mol. The summed E-state index contributed by atoms with van der Waals surface area (Å²) in [7, 11) is 0. The first-order valence-electron chi connectivity index (χ1n) is 8.33. The van der Waals surface area contributed by atoms with E-state index in [0.29, 0.717) is 24.9 Å². The van der Waals surface area contributed by atoms with Gasteiger partial charge in [0.1, 0.15) is 32.4 Å². The van der Waals surface area contributed by atoms with E-state index in [9.17, 15) is 18.0 Å². The maximum atomic E-state index is 12.6. The Labute approximate surface area is 138 Å². The molecular formula is C16H23F3N4O+2. The second-order valence-electron chi connectivity index (χ2n) is 6.61. The van der Waals surface area contributed by atoms with Crippen LogP contribution >= 0.6 is 0 Å². The molecule has 3 N–H and O–H groups in total. The van der Waals surface area contributed by atoms with Gasteiger partial charge in [0.05, 0.1) is 5.56 Å². The Morgan fingerprint density at radius 3 is 2.50 bits per heavy atom. The molecule has 0 bridgehead atoms. The van der Waals surface area contributed by atoms with Crippen LogP contribution in [-0.2, 0) is 11.0 Å². The molecule has 0 aromatic carbocycles. The summed E-state index contributed by atoms with van der Waals surface area (Å²) < 4.78 is 37.8. The summed E-state index contributed by atoms with van der Waals surface area (Å²) in [6.45, 7) is 4.92. The van der Waals surface area contributed by atoms with Crippen molar-refractivity contribution in [2.24, 2.45) is 0 Å². The van der Waals surface area contributed by atoms with E-state index < -0.39 is 11.7 Å². The van der Waals surface area contributed by atoms with Crippen molar-refractivity contribution in [3.8, 4) is 0 Å². The largest absolute Gasteiger partial charge is 0.419 e. The maximum Gasteiger partial charge on any atom is 0.419 e. The smallest absolute Gasteiger partial charge is 0.348 e. The highest BCUT2D eigenvalue weighted by Crippen LogP contribution is 2.28. The highest BCUT2D eigenvalue weighted by atomic mass is 19.4. The van der Waals surface area contributed by atoms with Gasteiger partial charge in [-0.3, -0.25) is 9.69 Å². The van der Waals surface area contributed by atoms with Crippen molar-refractivity contribution in [3.05, 3.63) is 23.9 Å². The van der Waals surface area contributed by atoms with Crippen LogP contribution in [0.15, 0.2) is 18.3 Å². The van der Waals surface area contributed by atoms with Crippen molar-refractivity contribution in [2.75, 3.05) is 31.1 Å².